The Morgan fingerprint density at radius 3 is 0.959 bits per heavy atom. The number of unbranched alkanes of at least 4 members (excludes halogenated alkanes) is 14. The van der Waals surface area contributed by atoms with E-state index in [2.05, 4.69) is 42.9 Å². The standard InChI is InChI=1S/2C25H50N4O4S4/c2*1-26-23(30)14-15-25(32)28-16-9-5-3-6-10-19-35-36-20-11-7-4-8-13-24(31)29-17-22-37(34)21-12-18-33-27-2/h2*27H,3-22H2,1-2H3,(H,26,30)(H,28,32)(H,29,31). The fourth-order valence-corrected chi connectivity index (χ4v) is 14.3. The zero-order valence-corrected chi connectivity index (χ0v) is 52.3. The lowest BCUT2D eigenvalue weighted by Gasteiger charge is -2.08. The van der Waals surface area contributed by atoms with Gasteiger partial charge >= 0.3 is 0 Å². The van der Waals surface area contributed by atoms with E-state index in [1.807, 2.05) is 43.2 Å². The van der Waals surface area contributed by atoms with Crippen LogP contribution in [0.5, 0.6) is 0 Å². The van der Waals surface area contributed by atoms with Crippen LogP contribution in [0.4, 0.5) is 0 Å². The molecule has 0 rings (SSSR count). The van der Waals surface area contributed by atoms with Crippen LogP contribution < -0.4 is 42.9 Å². The molecule has 2 unspecified atom stereocenters. The average Bonchev–Trinajstić information content (AvgIpc) is 3.39. The lowest BCUT2D eigenvalue weighted by Crippen LogP contribution is -2.27. The number of hydroxylamine groups is 2. The van der Waals surface area contributed by atoms with Gasteiger partial charge in [-0.25, -0.2) is 11.0 Å². The molecule has 0 aliphatic rings. The van der Waals surface area contributed by atoms with Gasteiger partial charge < -0.3 is 41.6 Å². The monoisotopic (exact) mass is 1200 g/mol. The van der Waals surface area contributed by atoms with E-state index in [1.54, 1.807) is 28.2 Å². The Morgan fingerprint density at radius 2 is 0.622 bits per heavy atom. The summed E-state index contributed by atoms with van der Waals surface area (Å²) in [6.07, 6.45) is 24.7. The topological polar surface area (TPSA) is 217 Å². The van der Waals surface area contributed by atoms with Gasteiger partial charge in [0.25, 0.3) is 0 Å². The van der Waals surface area contributed by atoms with Crippen LogP contribution >= 0.6 is 43.2 Å². The van der Waals surface area contributed by atoms with E-state index in [4.69, 9.17) is 32.1 Å². The Bertz CT molecular complexity index is 1330. The number of carbonyl (C=O) groups is 6. The Kier molecular flexibility index (Phi) is 62.5. The first-order valence-corrected chi connectivity index (χ1v) is 37.2. The van der Waals surface area contributed by atoms with E-state index in [1.165, 1.54) is 87.2 Å². The van der Waals surface area contributed by atoms with Crippen molar-refractivity contribution in [1.29, 1.82) is 0 Å². The fraction of sp³-hybridized carbons (Fsp3) is 0.880. The van der Waals surface area contributed by atoms with Crippen LogP contribution in [0.25, 0.3) is 0 Å². The van der Waals surface area contributed by atoms with Crippen molar-refractivity contribution in [2.24, 2.45) is 0 Å². The second-order valence-electron chi connectivity index (χ2n) is 17.4. The molecule has 0 saturated carbocycles. The minimum absolute atomic E-state index is 0.0431. The van der Waals surface area contributed by atoms with Gasteiger partial charge in [0.1, 0.15) is 0 Å². The summed E-state index contributed by atoms with van der Waals surface area (Å²) < 4.78 is 0. The maximum absolute atomic E-state index is 11.9. The van der Waals surface area contributed by atoms with Gasteiger partial charge in [0.15, 0.2) is 0 Å². The Balaban J connectivity index is 0. The largest absolute Gasteiger partial charge is 0.359 e. The second kappa shape index (κ2) is 61.4. The highest BCUT2D eigenvalue weighted by Crippen LogP contribution is 2.25. The summed E-state index contributed by atoms with van der Waals surface area (Å²) >= 11 is 10.9. The van der Waals surface area contributed by atoms with Crippen LogP contribution in [0.3, 0.4) is 0 Å². The third-order valence-electron chi connectivity index (χ3n) is 10.9. The molecular weight excluding hydrogens is 1100 g/mol. The van der Waals surface area contributed by atoms with Gasteiger partial charge in [0.05, 0.1) is 13.2 Å². The summed E-state index contributed by atoms with van der Waals surface area (Å²) in [6.45, 7) is 4.13. The molecule has 74 heavy (non-hydrogen) atoms. The zero-order valence-electron chi connectivity index (χ0n) is 45.8. The highest BCUT2D eigenvalue weighted by molar-refractivity contribution is 8.77. The number of carbonyl (C=O) groups excluding carboxylic acids is 6. The van der Waals surface area contributed by atoms with Crippen LogP contribution in [-0.4, -0.2) is 149 Å². The number of rotatable bonds is 54. The van der Waals surface area contributed by atoms with Crippen molar-refractivity contribution < 1.29 is 38.4 Å². The molecule has 24 heteroatoms. The molecule has 436 valence electrons. The molecule has 0 spiro atoms. The van der Waals surface area contributed by atoms with E-state index in [9.17, 15) is 28.8 Å². The lowest BCUT2D eigenvalue weighted by atomic mass is 10.1. The van der Waals surface area contributed by atoms with E-state index in [0.29, 0.717) is 52.2 Å². The Hall–Kier alpha value is -0.800. The summed E-state index contributed by atoms with van der Waals surface area (Å²) in [6, 6.07) is 0. The third-order valence-corrected chi connectivity index (χ3v) is 20.9. The molecule has 0 aromatic carbocycles. The second-order valence-corrected chi connectivity index (χ2v) is 29.0. The normalized spacial score (nSPS) is 11.7. The van der Waals surface area contributed by atoms with Gasteiger partial charge in [0.2, 0.25) is 35.4 Å². The number of hydrogen-bond donors (Lipinski definition) is 8. The summed E-state index contributed by atoms with van der Waals surface area (Å²) in [5, 5.41) is 16.8. The van der Waals surface area contributed by atoms with Gasteiger partial charge in [-0.2, -0.15) is 0 Å². The molecule has 0 bridgehead atoms. The highest BCUT2D eigenvalue weighted by atomic mass is 33.1. The third kappa shape index (κ3) is 62.0. The molecule has 0 aliphatic heterocycles. The smallest absolute Gasteiger partial charge is 0.220 e. The highest BCUT2D eigenvalue weighted by Gasteiger charge is 2.07. The maximum atomic E-state index is 11.9. The molecule has 0 fully saturated rings. The van der Waals surface area contributed by atoms with Crippen LogP contribution in [0.1, 0.15) is 167 Å². The first-order chi connectivity index (χ1) is 36.0. The van der Waals surface area contributed by atoms with Gasteiger partial charge in [-0.05, 0) is 64.2 Å². The number of nitrogens with one attached hydrogen (secondary N) is 8. The molecule has 0 aromatic heterocycles. The van der Waals surface area contributed by atoms with Crippen molar-refractivity contribution in [3.63, 3.8) is 0 Å². The fourth-order valence-electron chi connectivity index (χ4n) is 6.58. The van der Waals surface area contributed by atoms with E-state index < -0.39 is 0 Å². The van der Waals surface area contributed by atoms with Gasteiger partial charge in [-0.3, -0.25) is 28.8 Å². The Labute approximate surface area is 478 Å². The van der Waals surface area contributed by atoms with Gasteiger partial charge in [-0.1, -0.05) is 130 Å². The van der Waals surface area contributed by atoms with Crippen LogP contribution in [0.15, 0.2) is 0 Å². The van der Waals surface area contributed by atoms with Gasteiger partial charge in [-0.15, -0.1) is 18.9 Å². The van der Waals surface area contributed by atoms with Crippen molar-refractivity contribution in [3.8, 4) is 0 Å². The molecule has 2 atom stereocenters. The molecule has 16 nitrogen and oxygen atoms in total. The summed E-state index contributed by atoms with van der Waals surface area (Å²) in [4.78, 5) is 79.4. The SMILES string of the molecule is CNOCCCS(=S)CCNC(=O)CCCCCCSSCCCCCCCNC(=O)CCC(=O)NC.CNOCCCS(=S)CCNC(=O)CCCCCCSSCCCCCCCNC(=O)CCC(=O)NC. The first-order valence-electron chi connectivity index (χ1n) is 27.2. The lowest BCUT2D eigenvalue weighted by molar-refractivity contribution is -0.126. The number of amides is 6. The Morgan fingerprint density at radius 1 is 0.338 bits per heavy atom. The van der Waals surface area contributed by atoms with Crippen LogP contribution in [0, 0.1) is 0 Å². The minimum atomic E-state index is -0.0972. The minimum Gasteiger partial charge on any atom is -0.359 e. The average molecular weight is 1200 g/mol. The van der Waals surface area contributed by atoms with E-state index in [-0.39, 0.29) is 80.0 Å². The molecular formula is C50H100N8O8S8. The molecule has 8 N–H and O–H groups in total. The maximum Gasteiger partial charge on any atom is 0.220 e. The van der Waals surface area contributed by atoms with E-state index in [0.717, 1.165) is 87.2 Å². The molecule has 0 aromatic rings. The predicted octanol–water partition coefficient (Wildman–Crippen LogP) is 7.30. The van der Waals surface area contributed by atoms with Crippen molar-refractivity contribution in [2.45, 2.75) is 167 Å². The van der Waals surface area contributed by atoms with Gasteiger partial charge in [0, 0.05) is 139 Å². The van der Waals surface area contributed by atoms with E-state index >= 15 is 0 Å². The molecule has 0 aliphatic carbocycles. The zero-order chi connectivity index (χ0) is 54.8. The molecule has 6 amide bonds. The molecule has 0 radical (unpaired) electrons. The first kappa shape index (κ1) is 75.3. The predicted molar refractivity (Wildman–Crippen MR) is 329 cm³/mol. The summed E-state index contributed by atoms with van der Waals surface area (Å²) in [7, 11) is 14.4. The van der Waals surface area contributed by atoms with Crippen molar-refractivity contribution in [2.75, 3.05) is 114 Å². The quantitative estimate of drug-likeness (QED) is 0.0170. The van der Waals surface area contributed by atoms with Crippen LogP contribution in [0.2, 0.25) is 0 Å². The summed E-state index contributed by atoms with van der Waals surface area (Å²) in [5.41, 5.74) is 5.31. The van der Waals surface area contributed by atoms with Crippen molar-refractivity contribution in [3.05, 3.63) is 0 Å². The van der Waals surface area contributed by atoms with Crippen LogP contribution in [-0.2, 0) is 79.7 Å². The summed E-state index contributed by atoms with van der Waals surface area (Å²) in [5.74, 6) is 8.44. The van der Waals surface area contributed by atoms with Crippen molar-refractivity contribution >= 4 is 120 Å². The number of hydrogen-bond acceptors (Lipinski definition) is 16. The van der Waals surface area contributed by atoms with Crippen molar-refractivity contribution in [1.82, 2.24) is 42.9 Å². The molecule has 0 heterocycles. The molecule has 0 saturated heterocycles.